The quantitative estimate of drug-likeness (QED) is 0.536. The highest BCUT2D eigenvalue weighted by Crippen LogP contribution is 2.01. The van der Waals surface area contributed by atoms with Gasteiger partial charge in [-0.15, -0.1) is 0 Å². The lowest BCUT2D eigenvalue weighted by molar-refractivity contribution is 0.0389. The van der Waals surface area contributed by atoms with Crippen LogP contribution in [-0.2, 0) is 4.74 Å². The maximum atomic E-state index is 5.61. The predicted molar refractivity (Wildman–Crippen MR) is 44.9 cm³/mol. The van der Waals surface area contributed by atoms with E-state index in [2.05, 4.69) is 20.8 Å². The molecule has 0 amide bonds. The van der Waals surface area contributed by atoms with E-state index in [1.807, 2.05) is 0 Å². The fraction of sp³-hybridized carbons (Fsp3) is 1.00. The third-order valence-corrected chi connectivity index (χ3v) is 2.70. The zero-order valence-electron chi connectivity index (χ0n) is 6.98. The van der Waals surface area contributed by atoms with Crippen LogP contribution in [0, 0.1) is 0 Å². The molecule has 2 heteroatoms. The summed E-state index contributed by atoms with van der Waals surface area (Å²) in [5, 5.41) is 0. The fourth-order valence-electron chi connectivity index (χ4n) is 0.589. The van der Waals surface area contributed by atoms with Gasteiger partial charge < -0.3 is 4.74 Å². The average molecular weight is 146 g/mol. The summed E-state index contributed by atoms with van der Waals surface area (Å²) in [4.78, 5) is 0. The van der Waals surface area contributed by atoms with Gasteiger partial charge in [0, 0.05) is 16.0 Å². The number of rotatable bonds is 4. The second-order valence-corrected chi connectivity index (χ2v) is 3.86. The SMILES string of the molecule is CCC(C)OC([SiH3])CC. The molecule has 0 rings (SSSR count). The predicted octanol–water partition coefficient (Wildman–Crippen LogP) is 0.903. The molecule has 0 saturated carbocycles. The van der Waals surface area contributed by atoms with Crippen molar-refractivity contribution in [3.8, 4) is 0 Å². The van der Waals surface area contributed by atoms with Crippen LogP contribution in [0.15, 0.2) is 0 Å². The van der Waals surface area contributed by atoms with Gasteiger partial charge >= 0.3 is 0 Å². The minimum absolute atomic E-state index is 0.465. The van der Waals surface area contributed by atoms with Gasteiger partial charge in [-0.25, -0.2) is 0 Å². The first-order valence-corrected chi connectivity index (χ1v) is 5.01. The molecule has 0 spiro atoms. The highest BCUT2D eigenvalue weighted by Gasteiger charge is 2.02. The van der Waals surface area contributed by atoms with Gasteiger partial charge in [0.15, 0.2) is 0 Å². The topological polar surface area (TPSA) is 9.23 Å². The molecule has 0 saturated heterocycles. The Morgan fingerprint density at radius 1 is 1.33 bits per heavy atom. The van der Waals surface area contributed by atoms with Crippen molar-refractivity contribution >= 4 is 10.2 Å². The minimum Gasteiger partial charge on any atom is -0.380 e. The molecule has 0 bridgehead atoms. The van der Waals surface area contributed by atoms with Crippen LogP contribution in [-0.4, -0.2) is 22.1 Å². The molecule has 0 fully saturated rings. The lowest BCUT2D eigenvalue weighted by Gasteiger charge is -2.15. The molecule has 0 heterocycles. The number of ether oxygens (including phenoxy) is 1. The summed E-state index contributed by atoms with van der Waals surface area (Å²) in [5.41, 5.74) is 0.569. The first kappa shape index (κ1) is 9.18. The molecule has 56 valence electrons. The first-order chi connectivity index (χ1) is 4.20. The first-order valence-electron chi connectivity index (χ1n) is 3.86. The molecule has 0 aliphatic heterocycles. The summed E-state index contributed by atoms with van der Waals surface area (Å²) in [5.74, 6) is 0. The van der Waals surface area contributed by atoms with Crippen LogP contribution < -0.4 is 0 Å². The molecule has 9 heavy (non-hydrogen) atoms. The van der Waals surface area contributed by atoms with E-state index in [0.29, 0.717) is 11.8 Å². The van der Waals surface area contributed by atoms with Crippen molar-refractivity contribution in [1.29, 1.82) is 0 Å². The van der Waals surface area contributed by atoms with Gasteiger partial charge in [-0.2, -0.15) is 0 Å². The molecule has 0 radical (unpaired) electrons. The lowest BCUT2D eigenvalue weighted by atomic mass is 10.3. The summed E-state index contributed by atoms with van der Waals surface area (Å²) in [6.45, 7) is 6.48. The van der Waals surface area contributed by atoms with E-state index in [1.54, 1.807) is 0 Å². The van der Waals surface area contributed by atoms with Crippen molar-refractivity contribution < 1.29 is 4.74 Å². The third kappa shape index (κ3) is 4.67. The molecule has 1 nitrogen and oxygen atoms in total. The van der Waals surface area contributed by atoms with Crippen LogP contribution in [0.4, 0.5) is 0 Å². The highest BCUT2D eigenvalue weighted by molar-refractivity contribution is 6.10. The van der Waals surface area contributed by atoms with E-state index in [-0.39, 0.29) is 0 Å². The zero-order valence-corrected chi connectivity index (χ0v) is 8.98. The van der Waals surface area contributed by atoms with Crippen molar-refractivity contribution in [1.82, 2.24) is 0 Å². The fourth-order valence-corrected chi connectivity index (χ4v) is 1.05. The molecule has 0 aromatic rings. The van der Waals surface area contributed by atoms with Crippen molar-refractivity contribution in [3.63, 3.8) is 0 Å². The maximum Gasteiger partial charge on any atom is 0.0543 e. The van der Waals surface area contributed by atoms with Gasteiger partial charge in [-0.1, -0.05) is 13.8 Å². The molecular weight excluding hydrogens is 128 g/mol. The van der Waals surface area contributed by atoms with Gasteiger partial charge in [0.1, 0.15) is 0 Å². The van der Waals surface area contributed by atoms with Crippen molar-refractivity contribution in [2.24, 2.45) is 0 Å². The molecule has 2 unspecified atom stereocenters. The smallest absolute Gasteiger partial charge is 0.0543 e. The molecule has 0 aliphatic rings. The number of hydrogen-bond donors (Lipinski definition) is 0. The summed E-state index contributed by atoms with van der Waals surface area (Å²) >= 11 is 0. The van der Waals surface area contributed by atoms with Crippen LogP contribution >= 0.6 is 0 Å². The largest absolute Gasteiger partial charge is 0.380 e. The van der Waals surface area contributed by atoms with Gasteiger partial charge in [-0.05, 0) is 19.8 Å². The van der Waals surface area contributed by atoms with Crippen molar-refractivity contribution in [3.05, 3.63) is 0 Å². The van der Waals surface area contributed by atoms with Gasteiger partial charge in [0.25, 0.3) is 0 Å². The Bertz CT molecular complexity index is 57.9. The van der Waals surface area contributed by atoms with Gasteiger partial charge in [-0.3, -0.25) is 0 Å². The lowest BCUT2D eigenvalue weighted by Crippen LogP contribution is -2.18. The van der Waals surface area contributed by atoms with Gasteiger partial charge in [0.2, 0.25) is 0 Å². The zero-order chi connectivity index (χ0) is 7.28. The van der Waals surface area contributed by atoms with Crippen LogP contribution in [0.25, 0.3) is 0 Å². The van der Waals surface area contributed by atoms with Crippen LogP contribution in [0.3, 0.4) is 0 Å². The molecule has 0 aliphatic carbocycles. The molecular formula is C7H18OSi. The van der Waals surface area contributed by atoms with Crippen LogP contribution in [0.2, 0.25) is 0 Å². The Labute approximate surface area is 61.2 Å². The maximum absolute atomic E-state index is 5.61. The standard InChI is InChI=1S/C7H18OSi/c1-4-6(3)8-7(9)5-2/h6-7H,4-5H2,1-3,9H3. The normalized spacial score (nSPS) is 17.7. The Balaban J connectivity index is 3.22. The second kappa shape index (κ2) is 5.00. The molecule has 2 atom stereocenters. The Hall–Kier alpha value is 0.177. The van der Waals surface area contributed by atoms with Crippen molar-refractivity contribution in [2.75, 3.05) is 0 Å². The third-order valence-electron chi connectivity index (χ3n) is 1.61. The van der Waals surface area contributed by atoms with Gasteiger partial charge in [0.05, 0.1) is 6.10 Å². The molecule has 0 N–H and O–H groups in total. The van der Waals surface area contributed by atoms with E-state index in [0.717, 1.165) is 6.42 Å². The Morgan fingerprint density at radius 2 is 1.89 bits per heavy atom. The summed E-state index contributed by atoms with van der Waals surface area (Å²) in [7, 11) is 1.17. The summed E-state index contributed by atoms with van der Waals surface area (Å²) < 4.78 is 5.61. The average Bonchev–Trinajstić information content (AvgIpc) is 1.87. The minimum atomic E-state index is 0.465. The Morgan fingerprint density at radius 3 is 2.22 bits per heavy atom. The summed E-state index contributed by atoms with van der Waals surface area (Å²) in [6, 6.07) is 0. The second-order valence-electron chi connectivity index (χ2n) is 2.57. The van der Waals surface area contributed by atoms with Crippen LogP contribution in [0.1, 0.15) is 33.6 Å². The number of hydrogen-bond acceptors (Lipinski definition) is 1. The monoisotopic (exact) mass is 146 g/mol. The molecule has 0 aromatic carbocycles. The van der Waals surface area contributed by atoms with E-state index < -0.39 is 0 Å². The van der Waals surface area contributed by atoms with E-state index >= 15 is 0 Å². The van der Waals surface area contributed by atoms with E-state index in [1.165, 1.54) is 16.7 Å². The molecule has 0 aromatic heterocycles. The van der Waals surface area contributed by atoms with E-state index in [9.17, 15) is 0 Å². The van der Waals surface area contributed by atoms with Crippen molar-refractivity contribution in [2.45, 2.75) is 45.4 Å². The Kier molecular flexibility index (Phi) is 5.10. The highest BCUT2D eigenvalue weighted by atomic mass is 28.1. The van der Waals surface area contributed by atoms with E-state index in [4.69, 9.17) is 4.74 Å². The summed E-state index contributed by atoms with van der Waals surface area (Å²) in [6.07, 6.45) is 2.78. The van der Waals surface area contributed by atoms with Crippen LogP contribution in [0.5, 0.6) is 0 Å².